The van der Waals surface area contributed by atoms with E-state index >= 15 is 0 Å². The van der Waals surface area contributed by atoms with Gasteiger partial charge in [0.05, 0.1) is 12.1 Å². The minimum atomic E-state index is -1.70. The molecule has 2 aromatic heterocycles. The lowest BCUT2D eigenvalue weighted by Crippen LogP contribution is -2.41. The van der Waals surface area contributed by atoms with Crippen LogP contribution in [0.25, 0.3) is 16.0 Å². The van der Waals surface area contributed by atoms with Gasteiger partial charge in [-0.05, 0) is 30.3 Å². The van der Waals surface area contributed by atoms with Crippen LogP contribution in [0.3, 0.4) is 0 Å². The maximum Gasteiger partial charge on any atom is 0.195 e. The standard InChI is InChI=1S/C19H27N3OSSi/c1-19(2,3)25(4,5)23-12-10-20-17-14-15-8-6-7-9-16(15)22(17)18-21-11-13-24-18/h6-9,11,13-14,20H,10,12H2,1-5H3. The van der Waals surface area contributed by atoms with Crippen molar-refractivity contribution in [3.8, 4) is 5.13 Å². The predicted molar refractivity (Wildman–Crippen MR) is 111 cm³/mol. The third-order valence-electron chi connectivity index (χ3n) is 5.00. The minimum Gasteiger partial charge on any atom is -0.415 e. The van der Waals surface area contributed by atoms with E-state index in [0.29, 0.717) is 0 Å². The molecule has 4 nitrogen and oxygen atoms in total. The van der Waals surface area contributed by atoms with Gasteiger partial charge in [-0.15, -0.1) is 11.3 Å². The van der Waals surface area contributed by atoms with E-state index in [1.807, 2.05) is 11.6 Å². The highest BCUT2D eigenvalue weighted by molar-refractivity contribution is 7.12. The van der Waals surface area contributed by atoms with E-state index < -0.39 is 8.32 Å². The Morgan fingerprint density at radius 3 is 2.68 bits per heavy atom. The van der Waals surface area contributed by atoms with Crippen LogP contribution in [0.1, 0.15) is 20.8 Å². The third kappa shape index (κ3) is 3.81. The summed E-state index contributed by atoms with van der Waals surface area (Å²) in [7, 11) is -1.70. The maximum absolute atomic E-state index is 6.27. The summed E-state index contributed by atoms with van der Waals surface area (Å²) < 4.78 is 8.46. The second-order valence-corrected chi connectivity index (χ2v) is 13.5. The average molecular weight is 374 g/mol. The first-order valence-corrected chi connectivity index (χ1v) is 12.5. The SMILES string of the molecule is CC(C)(C)[Si](C)(C)OCCNc1cc2ccccc2n1-c1nccs1. The molecule has 0 bridgehead atoms. The van der Waals surface area contributed by atoms with Gasteiger partial charge in [0.25, 0.3) is 0 Å². The van der Waals surface area contributed by atoms with Crippen LogP contribution in [-0.4, -0.2) is 31.0 Å². The van der Waals surface area contributed by atoms with Crippen molar-refractivity contribution in [1.29, 1.82) is 0 Å². The number of aromatic nitrogens is 2. The molecule has 2 heterocycles. The predicted octanol–water partition coefficient (Wildman–Crippen LogP) is 5.52. The van der Waals surface area contributed by atoms with E-state index in [1.54, 1.807) is 11.3 Å². The number of rotatable bonds is 6. The number of benzene rings is 1. The molecule has 0 saturated heterocycles. The Labute approximate surface area is 155 Å². The normalized spacial score (nSPS) is 12.7. The Kier molecular flexibility index (Phi) is 5.04. The van der Waals surface area contributed by atoms with E-state index in [0.717, 1.165) is 24.1 Å². The zero-order chi connectivity index (χ0) is 18.1. The molecule has 0 spiro atoms. The van der Waals surface area contributed by atoms with Crippen LogP contribution >= 0.6 is 11.3 Å². The molecule has 3 aromatic rings. The van der Waals surface area contributed by atoms with Crippen molar-refractivity contribution < 1.29 is 4.43 Å². The topological polar surface area (TPSA) is 39.1 Å². The molecule has 6 heteroatoms. The molecule has 3 rings (SSSR count). The van der Waals surface area contributed by atoms with E-state index in [1.165, 1.54) is 10.9 Å². The Morgan fingerprint density at radius 1 is 1.24 bits per heavy atom. The van der Waals surface area contributed by atoms with Gasteiger partial charge in [-0.1, -0.05) is 39.0 Å². The van der Waals surface area contributed by atoms with E-state index in [2.05, 4.69) is 79.1 Å². The fourth-order valence-corrected chi connectivity index (χ4v) is 4.23. The molecule has 0 aliphatic heterocycles. The first kappa shape index (κ1) is 18.2. The highest BCUT2D eigenvalue weighted by Gasteiger charge is 2.36. The second-order valence-electron chi connectivity index (χ2n) is 7.77. The van der Waals surface area contributed by atoms with Crippen LogP contribution in [-0.2, 0) is 4.43 Å². The molecule has 0 radical (unpaired) electrons. The van der Waals surface area contributed by atoms with Gasteiger partial charge in [0, 0.05) is 23.5 Å². The minimum absolute atomic E-state index is 0.239. The van der Waals surface area contributed by atoms with Gasteiger partial charge in [-0.25, -0.2) is 4.98 Å². The summed E-state index contributed by atoms with van der Waals surface area (Å²) >= 11 is 1.64. The Bertz CT molecular complexity index is 834. The largest absolute Gasteiger partial charge is 0.415 e. The number of para-hydroxylation sites is 1. The van der Waals surface area contributed by atoms with Crippen LogP contribution in [0.5, 0.6) is 0 Å². The van der Waals surface area contributed by atoms with Crippen molar-refractivity contribution in [2.45, 2.75) is 38.9 Å². The summed E-state index contributed by atoms with van der Waals surface area (Å²) in [4.78, 5) is 4.49. The fourth-order valence-electron chi connectivity index (χ4n) is 2.52. The van der Waals surface area contributed by atoms with Gasteiger partial charge in [0.15, 0.2) is 13.4 Å². The van der Waals surface area contributed by atoms with Gasteiger partial charge in [0.2, 0.25) is 0 Å². The highest BCUT2D eigenvalue weighted by atomic mass is 32.1. The molecule has 0 aliphatic carbocycles. The van der Waals surface area contributed by atoms with Crippen molar-refractivity contribution in [3.05, 3.63) is 41.9 Å². The summed E-state index contributed by atoms with van der Waals surface area (Å²) in [5.41, 5.74) is 1.17. The number of hydrogen-bond acceptors (Lipinski definition) is 4. The number of nitrogens with one attached hydrogen (secondary N) is 1. The lowest BCUT2D eigenvalue weighted by Gasteiger charge is -2.36. The van der Waals surface area contributed by atoms with Crippen molar-refractivity contribution >= 4 is 36.4 Å². The summed E-state index contributed by atoms with van der Waals surface area (Å²) in [6, 6.07) is 10.6. The van der Waals surface area contributed by atoms with Crippen LogP contribution in [0.4, 0.5) is 5.82 Å². The van der Waals surface area contributed by atoms with Gasteiger partial charge in [-0.2, -0.15) is 0 Å². The number of thiazole rings is 1. The molecular weight excluding hydrogens is 346 g/mol. The molecular formula is C19H27N3OSSi. The Morgan fingerprint density at radius 2 is 2.00 bits per heavy atom. The van der Waals surface area contributed by atoms with E-state index in [-0.39, 0.29) is 5.04 Å². The summed E-state index contributed by atoms with van der Waals surface area (Å²) in [6.07, 6.45) is 1.85. The van der Waals surface area contributed by atoms with E-state index in [9.17, 15) is 0 Å². The summed E-state index contributed by atoms with van der Waals surface area (Å²) in [5, 5.41) is 7.98. The molecule has 0 aliphatic rings. The maximum atomic E-state index is 6.27. The summed E-state index contributed by atoms with van der Waals surface area (Å²) in [6.45, 7) is 12.9. The number of fused-ring (bicyclic) bond motifs is 1. The molecule has 0 fully saturated rings. The molecule has 134 valence electrons. The van der Waals surface area contributed by atoms with Gasteiger partial charge in [-0.3, -0.25) is 4.57 Å². The van der Waals surface area contributed by atoms with Gasteiger partial charge >= 0.3 is 0 Å². The molecule has 0 unspecified atom stereocenters. The van der Waals surface area contributed by atoms with Crippen molar-refractivity contribution in [3.63, 3.8) is 0 Å². The number of anilines is 1. The zero-order valence-corrected chi connectivity index (χ0v) is 17.5. The van der Waals surface area contributed by atoms with Crippen LogP contribution in [0.2, 0.25) is 18.1 Å². The lowest BCUT2D eigenvalue weighted by molar-refractivity contribution is 0.301. The first-order chi connectivity index (χ1) is 11.8. The Balaban J connectivity index is 1.75. The smallest absolute Gasteiger partial charge is 0.195 e. The molecule has 0 saturated carbocycles. The summed E-state index contributed by atoms with van der Waals surface area (Å²) in [5.74, 6) is 1.06. The molecule has 25 heavy (non-hydrogen) atoms. The Hall–Kier alpha value is -1.63. The van der Waals surface area contributed by atoms with Crippen LogP contribution in [0.15, 0.2) is 41.9 Å². The molecule has 0 atom stereocenters. The third-order valence-corrected chi connectivity index (χ3v) is 10.3. The quantitative estimate of drug-likeness (QED) is 0.457. The van der Waals surface area contributed by atoms with E-state index in [4.69, 9.17) is 4.43 Å². The van der Waals surface area contributed by atoms with Crippen LogP contribution in [0, 0.1) is 0 Å². The molecule has 0 amide bonds. The number of nitrogens with zero attached hydrogens (tertiary/aromatic N) is 2. The number of hydrogen-bond donors (Lipinski definition) is 1. The molecule has 1 aromatic carbocycles. The van der Waals surface area contributed by atoms with Crippen molar-refractivity contribution in [2.24, 2.45) is 0 Å². The second kappa shape index (κ2) is 6.94. The first-order valence-electron chi connectivity index (χ1n) is 8.68. The zero-order valence-electron chi connectivity index (χ0n) is 15.7. The van der Waals surface area contributed by atoms with Crippen LogP contribution < -0.4 is 5.32 Å². The van der Waals surface area contributed by atoms with Gasteiger partial charge < -0.3 is 9.74 Å². The fraction of sp³-hybridized carbons (Fsp3) is 0.421. The van der Waals surface area contributed by atoms with Crippen molar-refractivity contribution in [2.75, 3.05) is 18.5 Å². The molecule has 1 N–H and O–H groups in total. The highest BCUT2D eigenvalue weighted by Crippen LogP contribution is 2.36. The average Bonchev–Trinajstić information content (AvgIpc) is 3.17. The van der Waals surface area contributed by atoms with Gasteiger partial charge in [0.1, 0.15) is 5.82 Å². The van der Waals surface area contributed by atoms with Crippen molar-refractivity contribution in [1.82, 2.24) is 9.55 Å². The monoisotopic (exact) mass is 373 g/mol. The lowest BCUT2D eigenvalue weighted by atomic mass is 10.2.